The molecular formula is C16H15Cl2NO. The van der Waals surface area contributed by atoms with Crippen molar-refractivity contribution in [3.63, 3.8) is 0 Å². The minimum Gasteiger partial charge on any atom is -0.325 e. The number of rotatable bonds is 3. The van der Waals surface area contributed by atoms with Crippen molar-refractivity contribution in [3.05, 3.63) is 64.1 Å². The van der Waals surface area contributed by atoms with Gasteiger partial charge in [-0.2, -0.15) is 0 Å². The lowest BCUT2D eigenvalue weighted by Crippen LogP contribution is -2.34. The van der Waals surface area contributed by atoms with Crippen LogP contribution in [0.3, 0.4) is 0 Å². The minimum atomic E-state index is -0.660. The molecule has 2 aromatic carbocycles. The van der Waals surface area contributed by atoms with Gasteiger partial charge in [0.1, 0.15) is 0 Å². The summed E-state index contributed by atoms with van der Waals surface area (Å²) in [5, 5.41) is 4.12. The van der Waals surface area contributed by atoms with Crippen LogP contribution in [0, 0.1) is 0 Å². The highest BCUT2D eigenvalue weighted by Crippen LogP contribution is 2.27. The van der Waals surface area contributed by atoms with E-state index in [-0.39, 0.29) is 5.91 Å². The Morgan fingerprint density at radius 2 is 1.65 bits per heavy atom. The van der Waals surface area contributed by atoms with Gasteiger partial charge in [0.05, 0.1) is 5.41 Å². The van der Waals surface area contributed by atoms with Crippen molar-refractivity contribution in [1.29, 1.82) is 0 Å². The Labute approximate surface area is 128 Å². The van der Waals surface area contributed by atoms with Gasteiger partial charge in [-0.15, -0.1) is 0 Å². The summed E-state index contributed by atoms with van der Waals surface area (Å²) in [7, 11) is 0. The van der Waals surface area contributed by atoms with Gasteiger partial charge >= 0.3 is 0 Å². The van der Waals surface area contributed by atoms with E-state index < -0.39 is 5.41 Å². The SMILES string of the molecule is CC(C)(C(=O)Nc1cccc(Cl)c1)c1ccc(Cl)cc1. The molecule has 2 aromatic rings. The van der Waals surface area contributed by atoms with Crippen molar-refractivity contribution in [2.24, 2.45) is 0 Å². The molecule has 0 aromatic heterocycles. The molecule has 2 rings (SSSR count). The van der Waals surface area contributed by atoms with Gasteiger partial charge in [-0.1, -0.05) is 41.4 Å². The molecule has 0 aliphatic carbocycles. The van der Waals surface area contributed by atoms with E-state index >= 15 is 0 Å². The van der Waals surface area contributed by atoms with E-state index in [0.29, 0.717) is 15.7 Å². The predicted molar refractivity (Wildman–Crippen MR) is 84.6 cm³/mol. The first-order valence-electron chi connectivity index (χ1n) is 6.22. The first kappa shape index (κ1) is 14.9. The summed E-state index contributed by atoms with van der Waals surface area (Å²) in [5.41, 5.74) is 0.929. The molecule has 0 aliphatic heterocycles. The van der Waals surface area contributed by atoms with E-state index in [1.807, 2.05) is 32.0 Å². The number of halogens is 2. The van der Waals surface area contributed by atoms with Gasteiger partial charge in [-0.3, -0.25) is 4.79 Å². The fraction of sp³-hybridized carbons (Fsp3) is 0.188. The topological polar surface area (TPSA) is 29.1 Å². The molecule has 1 N–H and O–H groups in total. The van der Waals surface area contributed by atoms with E-state index in [1.165, 1.54) is 0 Å². The second kappa shape index (κ2) is 5.86. The maximum Gasteiger partial charge on any atom is 0.234 e. The summed E-state index contributed by atoms with van der Waals surface area (Å²) in [6.07, 6.45) is 0. The Kier molecular flexibility index (Phi) is 4.36. The average molecular weight is 308 g/mol. The third kappa shape index (κ3) is 3.33. The number of carbonyl (C=O) groups is 1. The molecular weight excluding hydrogens is 293 g/mol. The van der Waals surface area contributed by atoms with Crippen LogP contribution < -0.4 is 5.32 Å². The number of hydrogen-bond donors (Lipinski definition) is 1. The van der Waals surface area contributed by atoms with E-state index in [2.05, 4.69) is 5.32 Å². The van der Waals surface area contributed by atoms with Gasteiger partial charge < -0.3 is 5.32 Å². The van der Waals surface area contributed by atoms with Crippen LogP contribution in [0.1, 0.15) is 19.4 Å². The average Bonchev–Trinajstić information content (AvgIpc) is 2.39. The lowest BCUT2D eigenvalue weighted by Gasteiger charge is -2.24. The fourth-order valence-electron chi connectivity index (χ4n) is 1.85. The van der Waals surface area contributed by atoms with Gasteiger partial charge in [0.25, 0.3) is 0 Å². The minimum absolute atomic E-state index is 0.0953. The molecule has 0 heterocycles. The summed E-state index contributed by atoms with van der Waals surface area (Å²) >= 11 is 11.8. The largest absolute Gasteiger partial charge is 0.325 e. The molecule has 0 saturated heterocycles. The zero-order chi connectivity index (χ0) is 14.8. The van der Waals surface area contributed by atoms with Crippen LogP contribution in [0.15, 0.2) is 48.5 Å². The maximum atomic E-state index is 12.4. The quantitative estimate of drug-likeness (QED) is 0.857. The van der Waals surface area contributed by atoms with E-state index in [1.54, 1.807) is 30.3 Å². The number of carbonyl (C=O) groups excluding carboxylic acids is 1. The van der Waals surface area contributed by atoms with Crippen LogP contribution in [-0.2, 0) is 10.2 Å². The van der Waals surface area contributed by atoms with Crippen LogP contribution in [0.25, 0.3) is 0 Å². The summed E-state index contributed by atoms with van der Waals surface area (Å²) in [6, 6.07) is 14.4. The highest BCUT2D eigenvalue weighted by atomic mass is 35.5. The van der Waals surface area contributed by atoms with Gasteiger partial charge in [0.2, 0.25) is 5.91 Å². The summed E-state index contributed by atoms with van der Waals surface area (Å²) in [5.74, 6) is -0.0953. The molecule has 20 heavy (non-hydrogen) atoms. The number of benzene rings is 2. The number of hydrogen-bond acceptors (Lipinski definition) is 1. The Balaban J connectivity index is 2.21. The van der Waals surface area contributed by atoms with Crippen molar-refractivity contribution < 1.29 is 4.79 Å². The molecule has 0 atom stereocenters. The Morgan fingerprint density at radius 1 is 1.00 bits per heavy atom. The van der Waals surface area contributed by atoms with Crippen molar-refractivity contribution in [1.82, 2.24) is 0 Å². The Hall–Kier alpha value is -1.51. The second-order valence-corrected chi connectivity index (χ2v) is 5.97. The van der Waals surface area contributed by atoms with Crippen LogP contribution >= 0.6 is 23.2 Å². The smallest absolute Gasteiger partial charge is 0.234 e. The number of amides is 1. The van der Waals surface area contributed by atoms with Crippen molar-refractivity contribution >= 4 is 34.8 Å². The number of nitrogens with one attached hydrogen (secondary N) is 1. The Morgan fingerprint density at radius 3 is 2.25 bits per heavy atom. The first-order valence-corrected chi connectivity index (χ1v) is 6.98. The van der Waals surface area contributed by atoms with E-state index in [0.717, 1.165) is 5.56 Å². The van der Waals surface area contributed by atoms with Crippen LogP contribution in [0.4, 0.5) is 5.69 Å². The fourth-order valence-corrected chi connectivity index (χ4v) is 2.17. The highest BCUT2D eigenvalue weighted by molar-refractivity contribution is 6.31. The normalized spacial score (nSPS) is 11.2. The molecule has 0 fully saturated rings. The van der Waals surface area contributed by atoms with Crippen molar-refractivity contribution in [2.75, 3.05) is 5.32 Å². The van der Waals surface area contributed by atoms with E-state index in [4.69, 9.17) is 23.2 Å². The third-order valence-corrected chi connectivity index (χ3v) is 3.70. The highest BCUT2D eigenvalue weighted by Gasteiger charge is 2.29. The van der Waals surface area contributed by atoms with Crippen LogP contribution in [0.2, 0.25) is 10.0 Å². The zero-order valence-electron chi connectivity index (χ0n) is 11.3. The predicted octanol–water partition coefficient (Wildman–Crippen LogP) is 4.91. The molecule has 0 saturated carbocycles. The lowest BCUT2D eigenvalue weighted by molar-refractivity contribution is -0.120. The zero-order valence-corrected chi connectivity index (χ0v) is 12.8. The van der Waals surface area contributed by atoms with Crippen molar-refractivity contribution in [2.45, 2.75) is 19.3 Å². The van der Waals surface area contributed by atoms with Crippen LogP contribution in [0.5, 0.6) is 0 Å². The van der Waals surface area contributed by atoms with Gasteiger partial charge in [-0.25, -0.2) is 0 Å². The van der Waals surface area contributed by atoms with Gasteiger partial charge in [0, 0.05) is 15.7 Å². The molecule has 104 valence electrons. The first-order chi connectivity index (χ1) is 9.39. The van der Waals surface area contributed by atoms with Gasteiger partial charge in [-0.05, 0) is 49.7 Å². The molecule has 0 bridgehead atoms. The Bertz CT molecular complexity index is 621. The lowest BCUT2D eigenvalue weighted by atomic mass is 9.83. The van der Waals surface area contributed by atoms with E-state index in [9.17, 15) is 4.79 Å². The summed E-state index contributed by atoms with van der Waals surface area (Å²) in [6.45, 7) is 3.74. The standard InChI is InChI=1S/C16H15Cl2NO/c1-16(2,11-6-8-12(17)9-7-11)15(20)19-14-5-3-4-13(18)10-14/h3-10H,1-2H3,(H,19,20). The molecule has 2 nitrogen and oxygen atoms in total. The second-order valence-electron chi connectivity index (χ2n) is 5.10. The van der Waals surface area contributed by atoms with Gasteiger partial charge in [0.15, 0.2) is 0 Å². The van der Waals surface area contributed by atoms with Crippen molar-refractivity contribution in [3.8, 4) is 0 Å². The third-order valence-electron chi connectivity index (χ3n) is 3.22. The molecule has 0 aliphatic rings. The molecule has 0 unspecified atom stereocenters. The molecule has 0 spiro atoms. The molecule has 1 amide bonds. The molecule has 4 heteroatoms. The van der Waals surface area contributed by atoms with Crippen LogP contribution in [-0.4, -0.2) is 5.91 Å². The maximum absolute atomic E-state index is 12.4. The number of anilines is 1. The summed E-state index contributed by atoms with van der Waals surface area (Å²) < 4.78 is 0. The monoisotopic (exact) mass is 307 g/mol. The summed E-state index contributed by atoms with van der Waals surface area (Å²) in [4.78, 5) is 12.4. The molecule has 0 radical (unpaired) electrons.